The monoisotopic (exact) mass is 185 g/mol. The molecule has 62 valence electrons. The van der Waals surface area contributed by atoms with E-state index in [1.54, 1.807) is 0 Å². The Morgan fingerprint density at radius 1 is 1.80 bits per heavy atom. The van der Waals surface area contributed by atoms with Gasteiger partial charge in [0.05, 0.1) is 0 Å². The molecule has 1 unspecified atom stereocenters. The molecule has 0 bridgehead atoms. The molecule has 1 atom stereocenters. The predicted octanol–water partition coefficient (Wildman–Crippen LogP) is -2.46. The van der Waals surface area contributed by atoms with Gasteiger partial charge >= 0.3 is 5.97 Å². The summed E-state index contributed by atoms with van der Waals surface area (Å²) in [5.74, 6) is -0.680. The number of carbonyl (C=O) groups is 1. The van der Waals surface area contributed by atoms with Gasteiger partial charge in [-0.05, 0) is 6.42 Å². The molecule has 0 heterocycles. The Kier molecular flexibility index (Phi) is 9.13. The molecule has 0 aliphatic heterocycles. The van der Waals surface area contributed by atoms with E-state index in [2.05, 4.69) is 17.1 Å². The number of hydrogen-bond acceptors (Lipinski definition) is 4. The van der Waals surface area contributed by atoms with Crippen LogP contribution in [0.2, 0.25) is 0 Å². The van der Waals surface area contributed by atoms with Crippen molar-refractivity contribution >= 4 is 18.9 Å². The summed E-state index contributed by atoms with van der Waals surface area (Å²) in [4.78, 5) is 10.4. The highest BCUT2D eigenvalue weighted by atomic mass is 35.5. The van der Waals surface area contributed by atoms with Crippen LogP contribution in [0, 0.1) is 0 Å². The number of aliphatic hydroxyl groups is 1. The molecule has 0 amide bonds. The average molecular weight is 186 g/mol. The highest BCUT2D eigenvalue weighted by Gasteiger charge is 2.13. The molecule has 5 heteroatoms. The Morgan fingerprint density at radius 2 is 2.30 bits per heavy atom. The first-order valence-electron chi connectivity index (χ1n) is 2.75. The zero-order valence-electron chi connectivity index (χ0n) is 5.58. The number of rotatable bonds is 3. The standard InChI is InChI=1S/C5H10O3S.ClH/c1-2-3-4(6)5(7)8-9;/h4,6,9H,2-3H2,1H3;1H/p-1. The van der Waals surface area contributed by atoms with Crippen LogP contribution in [0.5, 0.6) is 0 Å². The van der Waals surface area contributed by atoms with E-state index in [4.69, 9.17) is 5.11 Å². The Morgan fingerprint density at radius 3 is 2.60 bits per heavy atom. The van der Waals surface area contributed by atoms with E-state index >= 15 is 0 Å². The normalized spacial score (nSPS) is 11.5. The average Bonchev–Trinajstić information content (AvgIpc) is 1.87. The Labute approximate surface area is 71.8 Å². The van der Waals surface area contributed by atoms with Crippen molar-refractivity contribution in [3.63, 3.8) is 0 Å². The molecule has 0 rings (SSSR count). The lowest BCUT2D eigenvalue weighted by Gasteiger charge is -2.03. The maximum atomic E-state index is 10.4. The molecule has 0 saturated heterocycles. The lowest BCUT2D eigenvalue weighted by molar-refractivity contribution is -0.142. The zero-order valence-corrected chi connectivity index (χ0v) is 7.23. The third-order valence-corrected chi connectivity index (χ3v) is 1.10. The van der Waals surface area contributed by atoms with Gasteiger partial charge in [0.15, 0.2) is 6.10 Å². The van der Waals surface area contributed by atoms with Gasteiger partial charge in [-0.25, -0.2) is 4.79 Å². The second-order valence-electron chi connectivity index (χ2n) is 1.71. The smallest absolute Gasteiger partial charge is 0.346 e. The topological polar surface area (TPSA) is 46.5 Å². The number of hydrogen-bond donors (Lipinski definition) is 2. The molecule has 0 aliphatic rings. The number of carbonyl (C=O) groups excluding carboxylic acids is 1. The van der Waals surface area contributed by atoms with Crippen LogP contribution in [0.15, 0.2) is 0 Å². The van der Waals surface area contributed by atoms with E-state index in [9.17, 15) is 4.79 Å². The lowest BCUT2D eigenvalue weighted by Crippen LogP contribution is -3.00. The fourth-order valence-corrected chi connectivity index (χ4v) is 0.574. The van der Waals surface area contributed by atoms with Gasteiger partial charge in [0.2, 0.25) is 0 Å². The Hall–Kier alpha value is 0.0700. The molecule has 0 radical (unpaired) electrons. The summed E-state index contributed by atoms with van der Waals surface area (Å²) < 4.78 is 3.97. The first-order chi connectivity index (χ1) is 4.22. The second kappa shape index (κ2) is 7.18. The third kappa shape index (κ3) is 4.90. The van der Waals surface area contributed by atoms with Crippen LogP contribution in [0.1, 0.15) is 19.8 Å². The van der Waals surface area contributed by atoms with Gasteiger partial charge in [-0.2, -0.15) is 0 Å². The molecule has 0 spiro atoms. The molecule has 0 aliphatic carbocycles. The van der Waals surface area contributed by atoms with Gasteiger partial charge in [0.25, 0.3) is 0 Å². The molecule has 0 aromatic heterocycles. The summed E-state index contributed by atoms with van der Waals surface area (Å²) in [6.45, 7) is 1.87. The number of aliphatic hydroxyl groups excluding tert-OH is 1. The quantitative estimate of drug-likeness (QED) is 0.379. The molecule has 10 heavy (non-hydrogen) atoms. The molecule has 0 saturated carbocycles. The minimum absolute atomic E-state index is 0. The number of thiol groups is 1. The Balaban J connectivity index is 0. The maximum Gasteiger partial charge on any atom is 0.346 e. The van der Waals surface area contributed by atoms with Crippen molar-refractivity contribution in [1.29, 1.82) is 0 Å². The van der Waals surface area contributed by atoms with Crippen LogP contribution in [0.4, 0.5) is 0 Å². The van der Waals surface area contributed by atoms with Crippen molar-refractivity contribution in [2.45, 2.75) is 25.9 Å². The van der Waals surface area contributed by atoms with Crippen molar-refractivity contribution in [2.75, 3.05) is 0 Å². The maximum absolute atomic E-state index is 10.4. The van der Waals surface area contributed by atoms with Crippen molar-refractivity contribution < 1.29 is 26.5 Å². The van der Waals surface area contributed by atoms with E-state index in [1.165, 1.54) is 0 Å². The molecule has 0 fully saturated rings. The van der Waals surface area contributed by atoms with Crippen molar-refractivity contribution in [3.8, 4) is 0 Å². The molecular formula is C5H10ClO3S-. The zero-order chi connectivity index (χ0) is 7.28. The van der Waals surface area contributed by atoms with Crippen molar-refractivity contribution in [3.05, 3.63) is 0 Å². The van der Waals surface area contributed by atoms with E-state index in [0.717, 1.165) is 6.42 Å². The molecule has 1 N–H and O–H groups in total. The highest BCUT2D eigenvalue weighted by Crippen LogP contribution is 1.98. The van der Waals surface area contributed by atoms with Crippen LogP contribution in [0.3, 0.4) is 0 Å². The minimum atomic E-state index is -1.01. The molecular weight excluding hydrogens is 176 g/mol. The van der Waals surface area contributed by atoms with Gasteiger partial charge in [-0.1, -0.05) is 13.3 Å². The van der Waals surface area contributed by atoms with Gasteiger partial charge in [-0.3, -0.25) is 0 Å². The summed E-state index contributed by atoms with van der Waals surface area (Å²) in [6.07, 6.45) is 0.177. The van der Waals surface area contributed by atoms with Crippen LogP contribution in [0.25, 0.3) is 0 Å². The van der Waals surface area contributed by atoms with Gasteiger partial charge < -0.3 is 21.7 Å². The summed E-state index contributed by atoms with van der Waals surface area (Å²) >= 11 is 3.24. The van der Waals surface area contributed by atoms with E-state index < -0.39 is 12.1 Å². The highest BCUT2D eigenvalue weighted by molar-refractivity contribution is 7.75. The largest absolute Gasteiger partial charge is 1.00 e. The van der Waals surface area contributed by atoms with Crippen LogP contribution in [-0.4, -0.2) is 17.2 Å². The molecule has 0 aromatic carbocycles. The summed E-state index contributed by atoms with van der Waals surface area (Å²) in [5, 5.41) is 8.79. The van der Waals surface area contributed by atoms with Crippen LogP contribution < -0.4 is 12.4 Å². The third-order valence-electron chi connectivity index (χ3n) is 0.924. The predicted molar refractivity (Wildman–Crippen MR) is 36.0 cm³/mol. The van der Waals surface area contributed by atoms with Gasteiger partial charge in [0, 0.05) is 12.9 Å². The SMILES string of the molecule is CCCC(O)C(=O)OS.[Cl-]. The lowest BCUT2D eigenvalue weighted by atomic mass is 10.2. The Bertz CT molecular complexity index is 98.9. The van der Waals surface area contributed by atoms with E-state index in [0.29, 0.717) is 6.42 Å². The first kappa shape index (κ1) is 12.7. The number of halogens is 1. The van der Waals surface area contributed by atoms with Gasteiger partial charge in [0.1, 0.15) is 0 Å². The summed E-state index contributed by atoms with van der Waals surface area (Å²) in [5.41, 5.74) is 0. The first-order valence-corrected chi connectivity index (χ1v) is 3.12. The van der Waals surface area contributed by atoms with Crippen molar-refractivity contribution in [2.24, 2.45) is 0 Å². The second-order valence-corrected chi connectivity index (χ2v) is 1.90. The fourth-order valence-electron chi connectivity index (χ4n) is 0.452. The van der Waals surface area contributed by atoms with Crippen LogP contribution >= 0.6 is 12.9 Å². The molecule has 0 aromatic rings. The fraction of sp³-hybridized carbons (Fsp3) is 0.800. The van der Waals surface area contributed by atoms with E-state index in [1.807, 2.05) is 6.92 Å². The van der Waals surface area contributed by atoms with Gasteiger partial charge in [-0.15, -0.1) is 0 Å². The van der Waals surface area contributed by atoms with Crippen LogP contribution in [-0.2, 0) is 8.98 Å². The minimum Gasteiger partial charge on any atom is -1.00 e. The summed E-state index contributed by atoms with van der Waals surface area (Å²) in [6, 6.07) is 0. The summed E-state index contributed by atoms with van der Waals surface area (Å²) in [7, 11) is 0. The van der Waals surface area contributed by atoms with E-state index in [-0.39, 0.29) is 12.4 Å². The van der Waals surface area contributed by atoms with Crippen molar-refractivity contribution in [1.82, 2.24) is 0 Å². The molecule has 3 nitrogen and oxygen atoms in total.